The first-order valence-corrected chi connectivity index (χ1v) is 0.845. The predicted molar refractivity (Wildman–Crippen MR) is 11.4 cm³/mol. The molecule has 0 spiro atoms. The largest absolute Gasteiger partial charge is 0 e. The van der Waals surface area contributed by atoms with Crippen LogP contribution in [-0.4, -0.2) is 29.6 Å². The van der Waals surface area contributed by atoms with Gasteiger partial charge in [-0.1, -0.05) is 0 Å². The number of rotatable bonds is 0. The van der Waals surface area contributed by atoms with Gasteiger partial charge in [-0.05, 0) is 0 Å². The van der Waals surface area contributed by atoms with Gasteiger partial charge in [0.15, 0.2) is 0 Å². The van der Waals surface area contributed by atoms with E-state index in [-0.39, 0.29) is 46.6 Å². The zero-order valence-electron chi connectivity index (χ0n) is 2.55. The molecule has 5 heavy (non-hydrogen) atoms. The minimum atomic E-state index is 0. The van der Waals surface area contributed by atoms with E-state index in [1.165, 1.54) is 4.97 Å². The van der Waals surface area contributed by atoms with Crippen molar-refractivity contribution in [1.82, 2.24) is 0 Å². The van der Waals surface area contributed by atoms with E-state index in [0.29, 0.717) is 0 Å². The number of hydrogen-bond donors (Lipinski definition) is 0. The summed E-state index contributed by atoms with van der Waals surface area (Å²) in [6.45, 7) is 0. The Morgan fingerprint density at radius 3 is 1.60 bits per heavy atom. The zero-order chi connectivity index (χ0) is 2.71. The Kier molecular flexibility index (Phi) is 56.8. The Morgan fingerprint density at radius 1 is 1.60 bits per heavy atom. The second kappa shape index (κ2) is 17.7. The SMILES string of the molecule is N#[C][Cu].[Cu].[Na]. The molecule has 0 atom stereocenters. The first-order valence-electron chi connectivity index (χ1n) is 0.374. The molecule has 0 aliphatic rings. The van der Waals surface area contributed by atoms with Crippen molar-refractivity contribution in [2.45, 2.75) is 0 Å². The van der Waals surface area contributed by atoms with Gasteiger partial charge in [0.25, 0.3) is 0 Å². The molecule has 0 fully saturated rings. The van der Waals surface area contributed by atoms with Gasteiger partial charge in [-0.25, -0.2) is 0 Å². The standard InChI is InChI=1S/CN.2Cu.Na/c1-2;;;. The van der Waals surface area contributed by atoms with Crippen molar-refractivity contribution in [3.8, 4) is 4.97 Å². The fourth-order valence-corrected chi connectivity index (χ4v) is 0. The van der Waals surface area contributed by atoms with Gasteiger partial charge >= 0.3 is 26.2 Å². The molecule has 0 saturated heterocycles. The summed E-state index contributed by atoms with van der Waals surface area (Å²) < 4.78 is 0. The van der Waals surface area contributed by atoms with Crippen molar-refractivity contribution in [1.29, 1.82) is 5.26 Å². The molecule has 0 bridgehead atoms. The fourth-order valence-electron chi connectivity index (χ4n) is 0. The minimum Gasteiger partial charge on any atom is 0 e. The van der Waals surface area contributed by atoms with E-state index < -0.39 is 0 Å². The summed E-state index contributed by atoms with van der Waals surface area (Å²) in [5, 5.41) is 7.12. The summed E-state index contributed by atoms with van der Waals surface area (Å²) in [5.74, 6) is 0. The average Bonchev–Trinajstić information content (AvgIpc) is 0.918. The molecule has 0 N–H and O–H groups in total. The van der Waals surface area contributed by atoms with E-state index in [1.807, 2.05) is 0 Å². The second-order valence-electron chi connectivity index (χ2n) is 0.0674. The molecule has 0 amide bonds. The van der Waals surface area contributed by atoms with Crippen LogP contribution in [0.5, 0.6) is 0 Å². The van der Waals surface area contributed by atoms with Crippen molar-refractivity contribution in [3.05, 3.63) is 0 Å². The average molecular weight is 176 g/mol. The molecule has 0 aromatic rings. The molecule has 0 aliphatic heterocycles. The maximum atomic E-state index is 7.12. The maximum absolute atomic E-state index is 7.12. The van der Waals surface area contributed by atoms with Crippen molar-refractivity contribution in [3.63, 3.8) is 0 Å². The molecule has 1 nitrogen and oxygen atoms in total. The Labute approximate surface area is 72.1 Å². The van der Waals surface area contributed by atoms with Crippen molar-refractivity contribution in [2.75, 3.05) is 0 Å². The van der Waals surface area contributed by atoms with Crippen LogP contribution in [0.2, 0.25) is 0 Å². The van der Waals surface area contributed by atoms with Gasteiger partial charge in [0.05, 0.1) is 0 Å². The third-order valence-electron chi connectivity index (χ3n) is 0. The van der Waals surface area contributed by atoms with Gasteiger partial charge < -0.3 is 0 Å². The van der Waals surface area contributed by atoms with E-state index in [9.17, 15) is 0 Å². The first-order chi connectivity index (χ1) is 1.41. The third-order valence-corrected chi connectivity index (χ3v) is 0. The molecule has 32 valence electrons. The smallest absolute Gasteiger partial charge is 0 e. The zero-order valence-corrected chi connectivity index (χ0v) is 6.43. The topological polar surface area (TPSA) is 23.8 Å². The molecular weight excluding hydrogens is 176 g/mol. The predicted octanol–water partition coefficient (Wildman–Crippen LogP) is -0.369. The molecule has 0 rings (SSSR count). The van der Waals surface area contributed by atoms with Crippen LogP contribution in [0.1, 0.15) is 0 Å². The molecule has 4 heteroatoms. The Morgan fingerprint density at radius 2 is 1.60 bits per heavy atom. The summed E-state index contributed by atoms with van der Waals surface area (Å²) in [5.41, 5.74) is 0. The van der Waals surface area contributed by atoms with Crippen molar-refractivity contribution < 1.29 is 33.1 Å². The Balaban J connectivity index is -0.0000000200. The first kappa shape index (κ1) is 16.0. The van der Waals surface area contributed by atoms with E-state index >= 15 is 0 Å². The summed E-state index contributed by atoms with van der Waals surface area (Å²) >= 11 is 3.81. The number of hydrogen-bond acceptors (Lipinski definition) is 1. The van der Waals surface area contributed by atoms with Crippen LogP contribution in [0.3, 0.4) is 0 Å². The molecule has 0 heterocycles. The van der Waals surface area contributed by atoms with Crippen LogP contribution >= 0.6 is 0 Å². The summed E-state index contributed by atoms with van der Waals surface area (Å²) in [6.07, 6.45) is 0. The summed E-state index contributed by atoms with van der Waals surface area (Å²) in [4.78, 5) is 1.31. The molecule has 2 radical (unpaired) electrons. The molecule has 0 unspecified atom stereocenters. The normalized spacial score (nSPS) is 1.80. The van der Waals surface area contributed by atoms with Gasteiger partial charge in [0.2, 0.25) is 0 Å². The van der Waals surface area contributed by atoms with Crippen LogP contribution in [0.4, 0.5) is 0 Å². The van der Waals surface area contributed by atoms with Gasteiger partial charge in [-0.2, -0.15) is 0 Å². The monoisotopic (exact) mass is 175 g/mol. The second-order valence-corrected chi connectivity index (χ2v) is 0.278. The van der Waals surface area contributed by atoms with Crippen molar-refractivity contribution >= 4 is 29.6 Å². The van der Waals surface area contributed by atoms with Crippen LogP contribution in [0.25, 0.3) is 0 Å². The summed E-state index contributed by atoms with van der Waals surface area (Å²) in [7, 11) is 0. The summed E-state index contributed by atoms with van der Waals surface area (Å²) in [6, 6.07) is 0. The van der Waals surface area contributed by atoms with Crippen LogP contribution in [0.15, 0.2) is 0 Å². The maximum Gasteiger partial charge on any atom is 0 e. The minimum absolute atomic E-state index is 0. The Bertz CT molecular complexity index is 31.1. The quantitative estimate of drug-likeness (QED) is 0.462. The van der Waals surface area contributed by atoms with Crippen LogP contribution in [-0.2, 0) is 33.1 Å². The molecule has 0 saturated carbocycles. The number of nitriles is 1. The van der Waals surface area contributed by atoms with Crippen LogP contribution < -0.4 is 0 Å². The van der Waals surface area contributed by atoms with Gasteiger partial charge in [-0.3, -0.25) is 0 Å². The van der Waals surface area contributed by atoms with Gasteiger partial charge in [-0.15, -0.1) is 0 Å². The molecule has 0 aromatic heterocycles. The van der Waals surface area contributed by atoms with Crippen LogP contribution in [0, 0.1) is 10.2 Å². The van der Waals surface area contributed by atoms with Gasteiger partial charge in [0, 0.05) is 46.6 Å². The van der Waals surface area contributed by atoms with E-state index in [2.05, 4.69) is 16.0 Å². The van der Waals surface area contributed by atoms with E-state index in [1.54, 1.807) is 0 Å². The molecule has 0 aliphatic carbocycles. The fraction of sp³-hybridized carbons (Fsp3) is 0. The van der Waals surface area contributed by atoms with Crippen molar-refractivity contribution in [2.24, 2.45) is 0 Å². The van der Waals surface area contributed by atoms with E-state index in [4.69, 9.17) is 5.26 Å². The van der Waals surface area contributed by atoms with Gasteiger partial charge in [0.1, 0.15) is 0 Å². The Hall–Kier alpha value is 1.53. The third kappa shape index (κ3) is 29.5. The number of nitrogens with zero attached hydrogens (tertiary/aromatic N) is 1. The van der Waals surface area contributed by atoms with E-state index in [0.717, 1.165) is 0 Å². The molecule has 0 aromatic carbocycles. The molecular formula is CCu2NNa.